The first-order chi connectivity index (χ1) is 24.5. The van der Waals surface area contributed by atoms with Gasteiger partial charge in [-0.05, 0) is 118 Å². The van der Waals surface area contributed by atoms with Gasteiger partial charge in [-0.1, -0.05) is 59.9 Å². The van der Waals surface area contributed by atoms with Crippen molar-refractivity contribution >= 4 is 133 Å². The normalized spacial score (nSPS) is 9.77. The van der Waals surface area contributed by atoms with Crippen molar-refractivity contribution in [2.24, 2.45) is 11.5 Å². The van der Waals surface area contributed by atoms with Gasteiger partial charge in [0.15, 0.2) is 11.4 Å². The Hall–Kier alpha value is -0.0373. The van der Waals surface area contributed by atoms with Gasteiger partial charge in [0.2, 0.25) is 0 Å². The molecule has 0 radical (unpaired) electrons. The van der Waals surface area contributed by atoms with E-state index >= 15 is 0 Å². The van der Waals surface area contributed by atoms with Crippen molar-refractivity contribution in [3.8, 4) is 22.9 Å². The van der Waals surface area contributed by atoms with Crippen LogP contribution < -0.4 is 124 Å². The van der Waals surface area contributed by atoms with Crippen LogP contribution in [0.25, 0.3) is 33.2 Å². The van der Waals surface area contributed by atoms with E-state index in [2.05, 4.69) is 108 Å². The van der Waals surface area contributed by atoms with Crippen molar-refractivity contribution in [2.75, 3.05) is 22.6 Å². The zero-order valence-electron chi connectivity index (χ0n) is 29.2. The Morgan fingerprint density at radius 1 is 0.774 bits per heavy atom. The van der Waals surface area contributed by atoms with Crippen molar-refractivity contribution in [2.45, 2.75) is 0 Å². The molecule has 0 fully saturated rings. The molecular formula is C33H29Br3I2K2N6O7. The standard InChI is InChI=1S/C16H13BrIN3O2.C14H10IN3O2.C2H4Br2.CH2O3.2K.H/c17-6-7-23-12-4-5-14-13(9-12)15(16(19)22)20-21(14)11-3-1-2-10(18)8-11;15-8-2-1-3-9(6-8)18-12-5-4-10(19)7-11(12)13(17-18)14(16)20;3-1-2-4;2-1-4-3;;;/h1-5,8-9H,6-7H2,(H2,19,22);1-7,19H,(H2,16,20);1-2H2;1,3H;;;/q;;;;2*+1;-1/p-1. The first-order valence-electron chi connectivity index (χ1n) is 14.4. The van der Waals surface area contributed by atoms with Crippen molar-refractivity contribution in [1.29, 1.82) is 0 Å². The number of carbonyl (C=O) groups excluding carboxylic acids is 3. The van der Waals surface area contributed by atoms with E-state index in [1.807, 2.05) is 60.7 Å². The summed E-state index contributed by atoms with van der Waals surface area (Å²) in [5, 5.41) is 30.7. The van der Waals surface area contributed by atoms with E-state index < -0.39 is 11.8 Å². The molecule has 0 aliphatic carbocycles. The fourth-order valence-corrected chi connectivity index (χ4v) is 5.64. The molecule has 53 heavy (non-hydrogen) atoms. The van der Waals surface area contributed by atoms with Gasteiger partial charge in [-0.2, -0.15) is 10.2 Å². The number of carbonyl (C=O) groups is 3. The molecule has 2 amide bonds. The molecule has 0 spiro atoms. The van der Waals surface area contributed by atoms with Gasteiger partial charge in [0.25, 0.3) is 18.3 Å². The molecule has 6 aromatic rings. The van der Waals surface area contributed by atoms with Crippen LogP contribution in [0.2, 0.25) is 0 Å². The zero-order chi connectivity index (χ0) is 37.5. The second kappa shape index (κ2) is 26.8. The van der Waals surface area contributed by atoms with Crippen LogP contribution in [0.1, 0.15) is 22.4 Å². The number of primary amides is 2. The third kappa shape index (κ3) is 15.3. The molecule has 0 atom stereocenters. The van der Waals surface area contributed by atoms with Crippen molar-refractivity contribution in [3.63, 3.8) is 0 Å². The number of aromatic hydroxyl groups is 1. The second-order valence-corrected chi connectivity index (χ2v) is 14.6. The van der Waals surface area contributed by atoms with Gasteiger partial charge in [-0.3, -0.25) is 14.4 Å². The number of ether oxygens (including phenoxy) is 1. The Morgan fingerprint density at radius 2 is 1.23 bits per heavy atom. The number of fused-ring (bicyclic) bond motifs is 2. The number of nitrogens with zero attached hydrogens (tertiary/aromatic N) is 4. The summed E-state index contributed by atoms with van der Waals surface area (Å²) in [5.74, 6) is -0.425. The third-order valence-corrected chi connectivity index (χ3v) is 9.87. The molecule has 13 nitrogen and oxygen atoms in total. The number of hydrogen-bond acceptors (Lipinski definition) is 9. The first-order valence-corrected chi connectivity index (χ1v) is 19.9. The Bertz CT molecular complexity index is 2130. The van der Waals surface area contributed by atoms with Gasteiger partial charge < -0.3 is 32.9 Å². The van der Waals surface area contributed by atoms with Crippen LogP contribution in [0, 0.1) is 7.14 Å². The Kier molecular flexibility index (Phi) is 25.8. The average molecular weight is 1190 g/mol. The summed E-state index contributed by atoms with van der Waals surface area (Å²) < 4.78 is 11.1. The number of phenols is 1. The Labute approximate surface area is 443 Å². The fourth-order valence-electron chi connectivity index (χ4n) is 4.42. The molecule has 0 saturated heterocycles. The number of rotatable bonds is 9. The Balaban J connectivity index is 0.000000834. The number of nitrogens with two attached hydrogens (primary N) is 2. The number of amides is 2. The minimum Gasteiger partial charge on any atom is -1.00 e. The van der Waals surface area contributed by atoms with Crippen molar-refractivity contribution in [3.05, 3.63) is 103 Å². The number of aromatic nitrogens is 4. The minimum atomic E-state index is -0.620. The molecule has 0 saturated carbocycles. The summed E-state index contributed by atoms with van der Waals surface area (Å²) in [7, 11) is 0. The van der Waals surface area contributed by atoms with E-state index in [1.165, 1.54) is 6.07 Å². The summed E-state index contributed by atoms with van der Waals surface area (Å²) in [5.41, 5.74) is 14.5. The van der Waals surface area contributed by atoms with E-state index in [0.717, 1.165) is 45.5 Å². The maximum Gasteiger partial charge on any atom is 1.00 e. The number of halogens is 5. The maximum atomic E-state index is 11.7. The van der Waals surface area contributed by atoms with E-state index in [4.69, 9.17) is 26.3 Å². The van der Waals surface area contributed by atoms with Crippen LogP contribution in [0.4, 0.5) is 0 Å². The maximum absolute atomic E-state index is 11.7. The molecule has 0 aliphatic rings. The molecule has 4 aromatic carbocycles. The van der Waals surface area contributed by atoms with Gasteiger partial charge in [0, 0.05) is 33.9 Å². The third-order valence-electron chi connectivity index (χ3n) is 6.34. The van der Waals surface area contributed by atoms with Crippen LogP contribution >= 0.6 is 93.0 Å². The first kappa shape index (κ1) is 51.0. The molecule has 2 heterocycles. The monoisotopic (exact) mass is 1190 g/mol. The fraction of sp³-hybridized carbons (Fsp3) is 0.121. The SMILES string of the molecule is BrCCBr.NC(=O)c1nn(-c2cccc(I)c2)c2ccc(O)cc12.NC(=O)c1nn(-c2cccc(I)c2)c2ccc(OCCBr)cc12.O=CO[O-].[H-].[K+].[K+]. The molecule has 0 bridgehead atoms. The summed E-state index contributed by atoms with van der Waals surface area (Å²) in [4.78, 5) is 34.5. The van der Waals surface area contributed by atoms with Gasteiger partial charge in [0.1, 0.15) is 11.5 Å². The number of benzene rings is 4. The molecule has 20 heteroatoms. The molecule has 5 N–H and O–H groups in total. The Morgan fingerprint density at radius 3 is 1.62 bits per heavy atom. The average Bonchev–Trinajstić information content (AvgIpc) is 3.70. The molecule has 6 rings (SSSR count). The largest absolute Gasteiger partial charge is 1.00 e. The topological polar surface area (TPSA) is 201 Å². The molecule has 270 valence electrons. The summed E-state index contributed by atoms with van der Waals surface area (Å²) >= 11 is 14.2. The van der Waals surface area contributed by atoms with Crippen LogP contribution in [0.15, 0.2) is 84.9 Å². The van der Waals surface area contributed by atoms with Gasteiger partial charge >= 0.3 is 103 Å². The molecular weight excluding hydrogens is 1160 g/mol. The van der Waals surface area contributed by atoms with Gasteiger partial charge in [-0.25, -0.2) is 9.36 Å². The summed E-state index contributed by atoms with van der Waals surface area (Å²) in [6.07, 6.45) is 0. The molecule has 0 aliphatic heterocycles. The zero-order valence-corrected chi connectivity index (χ0v) is 43.5. The quantitative estimate of drug-likeness (QED) is 0.0454. The van der Waals surface area contributed by atoms with Crippen molar-refractivity contribution in [1.82, 2.24) is 19.6 Å². The van der Waals surface area contributed by atoms with Gasteiger partial charge in [0.05, 0.1) is 29.0 Å². The predicted octanol–water partition coefficient (Wildman–Crippen LogP) is 0.269. The van der Waals surface area contributed by atoms with Crippen LogP contribution in [0.5, 0.6) is 11.5 Å². The number of hydrogen-bond donors (Lipinski definition) is 3. The van der Waals surface area contributed by atoms with Crippen LogP contribution in [-0.2, 0) is 9.68 Å². The molecule has 2 aromatic heterocycles. The number of phenolic OH excluding ortho intramolecular Hbond substituents is 1. The van der Waals surface area contributed by atoms with E-state index in [9.17, 15) is 14.7 Å². The van der Waals surface area contributed by atoms with Gasteiger partial charge in [-0.15, -0.1) is 0 Å². The second-order valence-electron chi connectivity index (χ2n) is 9.70. The van der Waals surface area contributed by atoms with Crippen LogP contribution in [0.3, 0.4) is 0 Å². The summed E-state index contributed by atoms with van der Waals surface area (Å²) in [6, 6.07) is 25.9. The molecule has 0 unspecified atom stereocenters. The van der Waals surface area contributed by atoms with E-state index in [0.29, 0.717) is 23.1 Å². The van der Waals surface area contributed by atoms with E-state index in [-0.39, 0.29) is 128 Å². The van der Waals surface area contributed by atoms with Crippen molar-refractivity contribution < 1.29 is 139 Å². The van der Waals surface area contributed by atoms with E-state index in [1.54, 1.807) is 27.6 Å². The smallest absolute Gasteiger partial charge is 1.00 e. The minimum absolute atomic E-state index is 0. The predicted molar refractivity (Wildman–Crippen MR) is 221 cm³/mol. The number of alkyl halides is 3. The summed E-state index contributed by atoms with van der Waals surface area (Å²) in [6.45, 7) is 0.364. The van der Waals surface area contributed by atoms with Crippen LogP contribution in [-0.4, -0.2) is 65.6 Å².